The molecule has 0 amide bonds. The molecule has 60 valence electrons. The van der Waals surface area contributed by atoms with Gasteiger partial charge in [0.1, 0.15) is 0 Å². The van der Waals surface area contributed by atoms with Gasteiger partial charge in [0.05, 0.1) is 12.2 Å². The van der Waals surface area contributed by atoms with Gasteiger partial charge < -0.3 is 20.6 Å². The van der Waals surface area contributed by atoms with Crippen LogP contribution in [0, 0.1) is 5.92 Å². The van der Waals surface area contributed by atoms with Crippen LogP contribution >= 0.6 is 0 Å². The quantitative estimate of drug-likeness (QED) is 0.343. The molecule has 1 saturated heterocycles. The maximum Gasteiger partial charge on any atom is 0.0927 e. The normalized spacial score (nSPS) is 41.7. The Morgan fingerprint density at radius 3 is 2.50 bits per heavy atom. The minimum Gasteiger partial charge on any atom is -0.396 e. The molecule has 4 N–H and O–H groups in total. The molecule has 4 heteroatoms. The van der Waals surface area contributed by atoms with Crippen LogP contribution in [0.3, 0.4) is 0 Å². The van der Waals surface area contributed by atoms with Crippen molar-refractivity contribution in [3.63, 3.8) is 0 Å². The molecule has 2 unspecified atom stereocenters. The van der Waals surface area contributed by atoms with Gasteiger partial charge in [0.25, 0.3) is 0 Å². The van der Waals surface area contributed by atoms with Gasteiger partial charge in [-0.15, -0.1) is 0 Å². The van der Waals surface area contributed by atoms with Crippen molar-refractivity contribution in [1.82, 2.24) is 5.32 Å². The van der Waals surface area contributed by atoms with Crippen LogP contribution in [-0.4, -0.2) is 47.2 Å². The fraction of sp³-hybridized carbons (Fsp3) is 1.00. The highest BCUT2D eigenvalue weighted by molar-refractivity contribution is 4.83. The Morgan fingerprint density at radius 1 is 1.30 bits per heavy atom. The Labute approximate surface area is 59.5 Å². The average molecular weight is 147 g/mol. The van der Waals surface area contributed by atoms with E-state index in [2.05, 4.69) is 5.32 Å². The molecule has 1 rings (SSSR count). The third-order valence-electron chi connectivity index (χ3n) is 1.87. The summed E-state index contributed by atoms with van der Waals surface area (Å²) in [5.74, 6) is -0.219. The van der Waals surface area contributed by atoms with E-state index in [1.54, 1.807) is 0 Å². The zero-order valence-electron chi connectivity index (χ0n) is 5.70. The SMILES string of the molecule is OCC1CNC[C@@H](O)C1O. The van der Waals surface area contributed by atoms with E-state index in [1.807, 2.05) is 0 Å². The second kappa shape index (κ2) is 3.30. The summed E-state index contributed by atoms with van der Waals surface area (Å²) in [7, 11) is 0. The number of rotatable bonds is 1. The molecule has 3 atom stereocenters. The van der Waals surface area contributed by atoms with Crippen LogP contribution in [0.5, 0.6) is 0 Å². The monoisotopic (exact) mass is 147 g/mol. The van der Waals surface area contributed by atoms with Gasteiger partial charge in [-0.3, -0.25) is 0 Å². The Balaban J connectivity index is 2.42. The van der Waals surface area contributed by atoms with Crippen molar-refractivity contribution >= 4 is 0 Å². The van der Waals surface area contributed by atoms with Crippen LogP contribution in [-0.2, 0) is 0 Å². The van der Waals surface area contributed by atoms with Crippen molar-refractivity contribution in [1.29, 1.82) is 0 Å². The number of hydrogen-bond acceptors (Lipinski definition) is 4. The second-order valence-electron chi connectivity index (χ2n) is 2.66. The minimum atomic E-state index is -0.772. The lowest BCUT2D eigenvalue weighted by Gasteiger charge is -2.30. The largest absolute Gasteiger partial charge is 0.396 e. The van der Waals surface area contributed by atoms with Crippen molar-refractivity contribution in [2.75, 3.05) is 19.7 Å². The Kier molecular flexibility index (Phi) is 2.62. The summed E-state index contributed by atoms with van der Waals surface area (Å²) in [5.41, 5.74) is 0. The fourth-order valence-corrected chi connectivity index (χ4v) is 1.14. The zero-order valence-corrected chi connectivity index (χ0v) is 5.70. The molecule has 1 heterocycles. The molecule has 0 aromatic rings. The van der Waals surface area contributed by atoms with E-state index in [0.717, 1.165) is 0 Å². The Bertz CT molecular complexity index is 109. The molecule has 0 radical (unpaired) electrons. The highest BCUT2D eigenvalue weighted by Gasteiger charge is 2.29. The molecule has 1 fully saturated rings. The first-order chi connectivity index (χ1) is 4.75. The minimum absolute atomic E-state index is 0.0781. The summed E-state index contributed by atoms with van der Waals surface area (Å²) in [6.45, 7) is 0.914. The van der Waals surface area contributed by atoms with Crippen molar-refractivity contribution in [3.8, 4) is 0 Å². The number of piperidine rings is 1. The first-order valence-electron chi connectivity index (χ1n) is 3.43. The average Bonchev–Trinajstić information content (AvgIpc) is 1.95. The van der Waals surface area contributed by atoms with Gasteiger partial charge in [-0.2, -0.15) is 0 Å². The first kappa shape index (κ1) is 7.94. The lowest BCUT2D eigenvalue weighted by Crippen LogP contribution is -2.51. The van der Waals surface area contributed by atoms with Gasteiger partial charge in [-0.1, -0.05) is 0 Å². The highest BCUT2D eigenvalue weighted by atomic mass is 16.3. The van der Waals surface area contributed by atoms with E-state index in [-0.39, 0.29) is 12.5 Å². The van der Waals surface area contributed by atoms with Crippen molar-refractivity contribution in [3.05, 3.63) is 0 Å². The van der Waals surface area contributed by atoms with Gasteiger partial charge >= 0.3 is 0 Å². The van der Waals surface area contributed by atoms with E-state index in [9.17, 15) is 5.11 Å². The Morgan fingerprint density at radius 2 is 2.00 bits per heavy atom. The van der Waals surface area contributed by atoms with E-state index < -0.39 is 12.2 Å². The van der Waals surface area contributed by atoms with Gasteiger partial charge in [-0.05, 0) is 0 Å². The summed E-state index contributed by atoms with van der Waals surface area (Å²) in [6, 6.07) is 0. The van der Waals surface area contributed by atoms with Gasteiger partial charge in [0.2, 0.25) is 0 Å². The van der Waals surface area contributed by atoms with Crippen LogP contribution in [0.2, 0.25) is 0 Å². The van der Waals surface area contributed by atoms with Gasteiger partial charge in [0.15, 0.2) is 0 Å². The number of hydrogen-bond donors (Lipinski definition) is 4. The molecule has 10 heavy (non-hydrogen) atoms. The van der Waals surface area contributed by atoms with Crippen molar-refractivity contribution in [2.24, 2.45) is 5.92 Å². The van der Waals surface area contributed by atoms with Gasteiger partial charge in [-0.25, -0.2) is 0 Å². The topological polar surface area (TPSA) is 72.7 Å². The molecule has 0 aliphatic carbocycles. The van der Waals surface area contributed by atoms with E-state index in [1.165, 1.54) is 0 Å². The molecule has 1 aliphatic rings. The van der Waals surface area contributed by atoms with Crippen molar-refractivity contribution in [2.45, 2.75) is 12.2 Å². The predicted octanol–water partition coefficient (Wildman–Crippen LogP) is -2.08. The van der Waals surface area contributed by atoms with Crippen molar-refractivity contribution < 1.29 is 15.3 Å². The fourth-order valence-electron chi connectivity index (χ4n) is 1.14. The predicted molar refractivity (Wildman–Crippen MR) is 35.5 cm³/mol. The molecule has 0 bridgehead atoms. The van der Waals surface area contributed by atoms with Crippen LogP contribution < -0.4 is 5.32 Å². The van der Waals surface area contributed by atoms with Crippen LogP contribution in [0.25, 0.3) is 0 Å². The molecular weight excluding hydrogens is 134 g/mol. The third-order valence-corrected chi connectivity index (χ3v) is 1.87. The Hall–Kier alpha value is -0.160. The lowest BCUT2D eigenvalue weighted by molar-refractivity contribution is -0.0490. The first-order valence-corrected chi connectivity index (χ1v) is 3.43. The van der Waals surface area contributed by atoms with Gasteiger partial charge in [0, 0.05) is 25.6 Å². The summed E-state index contributed by atoms with van der Waals surface area (Å²) >= 11 is 0. The van der Waals surface area contributed by atoms with E-state index in [4.69, 9.17) is 10.2 Å². The second-order valence-corrected chi connectivity index (χ2v) is 2.66. The summed E-state index contributed by atoms with van der Waals surface area (Å²) in [6.07, 6.45) is -1.50. The van der Waals surface area contributed by atoms with Crippen LogP contribution in [0.15, 0.2) is 0 Å². The molecule has 0 saturated carbocycles. The molecule has 0 aromatic carbocycles. The summed E-state index contributed by atoms with van der Waals surface area (Å²) in [4.78, 5) is 0. The smallest absolute Gasteiger partial charge is 0.0927 e. The highest BCUT2D eigenvalue weighted by Crippen LogP contribution is 2.10. The summed E-state index contributed by atoms with van der Waals surface area (Å²) in [5, 5.41) is 29.8. The molecule has 0 spiro atoms. The molecule has 1 aliphatic heterocycles. The van der Waals surface area contributed by atoms with E-state index >= 15 is 0 Å². The van der Waals surface area contributed by atoms with E-state index in [0.29, 0.717) is 13.1 Å². The lowest BCUT2D eigenvalue weighted by atomic mass is 9.95. The summed E-state index contributed by atoms with van der Waals surface area (Å²) < 4.78 is 0. The maximum atomic E-state index is 9.19. The standard InChI is InChI=1S/C6H13NO3/c8-3-4-1-7-2-5(9)6(4)10/h4-10H,1-3H2/t4?,5-,6?/m1/s1. The number of nitrogens with one attached hydrogen (secondary N) is 1. The number of aliphatic hydroxyl groups excluding tert-OH is 3. The third kappa shape index (κ3) is 1.46. The number of aliphatic hydroxyl groups is 3. The molecule has 0 aromatic heterocycles. The molecular formula is C6H13NO3. The molecule has 4 nitrogen and oxygen atoms in total. The maximum absolute atomic E-state index is 9.19. The zero-order chi connectivity index (χ0) is 7.56. The van der Waals surface area contributed by atoms with Crippen LogP contribution in [0.4, 0.5) is 0 Å². The number of β-amino-alcohol motifs (C(OH)–C–C–N with tert-alkyl or cyclic N) is 1. The van der Waals surface area contributed by atoms with Crippen LogP contribution in [0.1, 0.15) is 0 Å².